The molecule has 2 heterocycles. The summed E-state index contributed by atoms with van der Waals surface area (Å²) in [4.78, 5) is 16.7. The SMILES string of the molecule is Cn1nnc2c1CCC(NC(=O)NCc1cccc(-c3ccccn3)c1)C2. The zero-order valence-corrected chi connectivity index (χ0v) is 15.2. The molecule has 0 saturated carbocycles. The minimum absolute atomic E-state index is 0.0917. The van der Waals surface area contributed by atoms with Crippen LogP contribution in [0.2, 0.25) is 0 Å². The second kappa shape index (κ2) is 7.57. The normalized spacial score (nSPS) is 15.8. The Bertz CT molecular complexity index is 937. The number of nitrogens with one attached hydrogen (secondary N) is 2. The molecule has 0 spiro atoms. The monoisotopic (exact) mass is 362 g/mol. The third kappa shape index (κ3) is 3.97. The molecule has 2 amide bonds. The lowest BCUT2D eigenvalue weighted by Gasteiger charge is -2.22. The predicted molar refractivity (Wildman–Crippen MR) is 102 cm³/mol. The fourth-order valence-electron chi connectivity index (χ4n) is 3.45. The van der Waals surface area contributed by atoms with Gasteiger partial charge in [0.2, 0.25) is 0 Å². The van der Waals surface area contributed by atoms with Crippen LogP contribution < -0.4 is 10.6 Å². The van der Waals surface area contributed by atoms with Crippen LogP contribution in [0.4, 0.5) is 4.79 Å². The summed E-state index contributed by atoms with van der Waals surface area (Å²) in [6.45, 7) is 0.468. The fraction of sp³-hybridized carbons (Fsp3) is 0.300. The van der Waals surface area contributed by atoms with Crippen LogP contribution in [0.1, 0.15) is 23.4 Å². The number of aryl methyl sites for hydroxylation is 1. The number of benzene rings is 1. The van der Waals surface area contributed by atoms with Crippen LogP contribution >= 0.6 is 0 Å². The van der Waals surface area contributed by atoms with Crippen molar-refractivity contribution in [3.05, 3.63) is 65.6 Å². The van der Waals surface area contributed by atoms with Gasteiger partial charge >= 0.3 is 6.03 Å². The number of aromatic nitrogens is 4. The number of rotatable bonds is 4. The molecule has 138 valence electrons. The number of fused-ring (bicyclic) bond motifs is 1. The van der Waals surface area contributed by atoms with Gasteiger partial charge in [-0.2, -0.15) is 0 Å². The average Bonchev–Trinajstić information content (AvgIpc) is 3.07. The molecule has 7 nitrogen and oxygen atoms in total. The van der Waals surface area contributed by atoms with Crippen molar-refractivity contribution in [1.82, 2.24) is 30.6 Å². The van der Waals surface area contributed by atoms with Gasteiger partial charge in [-0.05, 0) is 36.6 Å². The summed E-state index contributed by atoms with van der Waals surface area (Å²) in [6, 6.07) is 13.8. The van der Waals surface area contributed by atoms with E-state index in [0.29, 0.717) is 6.54 Å². The number of amides is 2. The van der Waals surface area contributed by atoms with Crippen LogP contribution in [0.15, 0.2) is 48.7 Å². The summed E-state index contributed by atoms with van der Waals surface area (Å²) in [5.41, 5.74) is 5.15. The number of pyridine rings is 1. The molecule has 1 unspecified atom stereocenters. The summed E-state index contributed by atoms with van der Waals surface area (Å²) < 4.78 is 1.82. The molecule has 2 aromatic heterocycles. The highest BCUT2D eigenvalue weighted by molar-refractivity contribution is 5.74. The number of carbonyl (C=O) groups excluding carboxylic acids is 1. The number of urea groups is 1. The maximum Gasteiger partial charge on any atom is 0.315 e. The predicted octanol–water partition coefficient (Wildman–Crippen LogP) is 2.23. The zero-order valence-electron chi connectivity index (χ0n) is 15.2. The van der Waals surface area contributed by atoms with Crippen LogP contribution in [0, 0.1) is 0 Å². The molecule has 0 radical (unpaired) electrons. The molecule has 7 heteroatoms. The second-order valence-electron chi connectivity index (χ2n) is 6.79. The average molecular weight is 362 g/mol. The lowest BCUT2D eigenvalue weighted by Crippen LogP contribution is -2.44. The van der Waals surface area contributed by atoms with Gasteiger partial charge < -0.3 is 10.6 Å². The van der Waals surface area contributed by atoms with Crippen molar-refractivity contribution in [1.29, 1.82) is 0 Å². The molecule has 0 aliphatic heterocycles. The molecule has 0 fully saturated rings. The van der Waals surface area contributed by atoms with Crippen molar-refractivity contribution in [3.8, 4) is 11.3 Å². The number of hydrogen-bond acceptors (Lipinski definition) is 4. The van der Waals surface area contributed by atoms with E-state index < -0.39 is 0 Å². The molecule has 1 aromatic carbocycles. The quantitative estimate of drug-likeness (QED) is 0.745. The Morgan fingerprint density at radius 2 is 2.19 bits per heavy atom. The topological polar surface area (TPSA) is 84.7 Å². The lowest BCUT2D eigenvalue weighted by molar-refractivity contribution is 0.235. The fourth-order valence-corrected chi connectivity index (χ4v) is 3.45. The standard InChI is InChI=1S/C20H22N6O/c1-26-19-9-8-16(12-18(19)24-25-26)23-20(27)22-13-14-5-4-6-15(11-14)17-7-2-3-10-21-17/h2-7,10-11,16H,8-9,12-13H2,1H3,(H2,22,23,27). The van der Waals surface area contributed by atoms with E-state index in [9.17, 15) is 4.79 Å². The molecular weight excluding hydrogens is 340 g/mol. The van der Waals surface area contributed by atoms with Crippen LogP contribution in [0.25, 0.3) is 11.3 Å². The highest BCUT2D eigenvalue weighted by Gasteiger charge is 2.24. The molecule has 4 rings (SSSR count). The maximum atomic E-state index is 12.3. The van der Waals surface area contributed by atoms with Crippen LogP contribution in [-0.2, 0) is 26.4 Å². The van der Waals surface area contributed by atoms with E-state index >= 15 is 0 Å². The number of nitrogens with zero attached hydrogens (tertiary/aromatic N) is 4. The Morgan fingerprint density at radius 1 is 1.26 bits per heavy atom. The van der Waals surface area contributed by atoms with Crippen molar-refractivity contribution >= 4 is 6.03 Å². The molecular formula is C20H22N6O. The number of carbonyl (C=O) groups is 1. The summed E-state index contributed by atoms with van der Waals surface area (Å²) in [7, 11) is 1.91. The largest absolute Gasteiger partial charge is 0.335 e. The second-order valence-corrected chi connectivity index (χ2v) is 6.79. The van der Waals surface area contributed by atoms with Gasteiger partial charge in [0, 0.05) is 37.8 Å². The first kappa shape index (κ1) is 17.2. The summed E-state index contributed by atoms with van der Waals surface area (Å²) in [6.07, 6.45) is 4.29. The first-order valence-electron chi connectivity index (χ1n) is 9.11. The Kier molecular flexibility index (Phi) is 4.82. The minimum Gasteiger partial charge on any atom is -0.335 e. The van der Waals surface area contributed by atoms with E-state index in [2.05, 4.69) is 32.0 Å². The van der Waals surface area contributed by atoms with Crippen molar-refractivity contribution in [2.24, 2.45) is 7.05 Å². The molecule has 2 N–H and O–H groups in total. The van der Waals surface area contributed by atoms with Crippen LogP contribution in [0.5, 0.6) is 0 Å². The van der Waals surface area contributed by atoms with Crippen molar-refractivity contribution in [2.75, 3.05) is 0 Å². The maximum absolute atomic E-state index is 12.3. The van der Waals surface area contributed by atoms with E-state index in [1.807, 2.05) is 48.1 Å². The Labute approximate surface area is 157 Å². The molecule has 3 aromatic rings. The van der Waals surface area contributed by atoms with Gasteiger partial charge in [0.05, 0.1) is 17.1 Å². The van der Waals surface area contributed by atoms with Crippen molar-refractivity contribution in [3.63, 3.8) is 0 Å². The van der Waals surface area contributed by atoms with Gasteiger partial charge in [-0.15, -0.1) is 5.10 Å². The lowest BCUT2D eigenvalue weighted by atomic mass is 9.96. The van der Waals surface area contributed by atoms with Gasteiger partial charge in [-0.1, -0.05) is 29.5 Å². The Balaban J connectivity index is 1.32. The zero-order chi connectivity index (χ0) is 18.6. The third-order valence-corrected chi connectivity index (χ3v) is 4.87. The smallest absolute Gasteiger partial charge is 0.315 e. The molecule has 1 aliphatic rings. The molecule has 1 atom stereocenters. The van der Waals surface area contributed by atoms with Gasteiger partial charge in [-0.25, -0.2) is 4.79 Å². The van der Waals surface area contributed by atoms with E-state index in [0.717, 1.165) is 41.8 Å². The van der Waals surface area contributed by atoms with Gasteiger partial charge in [-0.3, -0.25) is 9.67 Å². The van der Waals surface area contributed by atoms with Gasteiger partial charge in [0.25, 0.3) is 0 Å². The van der Waals surface area contributed by atoms with E-state index in [-0.39, 0.29) is 12.1 Å². The summed E-state index contributed by atoms with van der Waals surface area (Å²) in [5, 5.41) is 14.2. The molecule has 0 bridgehead atoms. The Hall–Kier alpha value is -3.22. The molecule has 1 aliphatic carbocycles. The van der Waals surface area contributed by atoms with Gasteiger partial charge in [0.1, 0.15) is 0 Å². The summed E-state index contributed by atoms with van der Waals surface area (Å²) >= 11 is 0. The highest BCUT2D eigenvalue weighted by Crippen LogP contribution is 2.19. The van der Waals surface area contributed by atoms with Crippen LogP contribution in [-0.4, -0.2) is 32.1 Å². The summed E-state index contributed by atoms with van der Waals surface area (Å²) in [5.74, 6) is 0. The first-order chi connectivity index (χ1) is 13.2. The highest BCUT2D eigenvalue weighted by atomic mass is 16.2. The minimum atomic E-state index is -0.157. The first-order valence-corrected chi connectivity index (χ1v) is 9.11. The van der Waals surface area contributed by atoms with Crippen molar-refractivity contribution < 1.29 is 4.79 Å². The Morgan fingerprint density at radius 3 is 3.04 bits per heavy atom. The molecule has 27 heavy (non-hydrogen) atoms. The van der Waals surface area contributed by atoms with Gasteiger partial charge in [0.15, 0.2) is 0 Å². The van der Waals surface area contributed by atoms with Crippen LogP contribution in [0.3, 0.4) is 0 Å². The third-order valence-electron chi connectivity index (χ3n) is 4.87. The number of hydrogen-bond donors (Lipinski definition) is 2. The van der Waals surface area contributed by atoms with Crippen molar-refractivity contribution in [2.45, 2.75) is 31.8 Å². The molecule has 0 saturated heterocycles. The van der Waals surface area contributed by atoms with E-state index in [1.54, 1.807) is 6.20 Å². The van der Waals surface area contributed by atoms with E-state index in [1.165, 1.54) is 5.69 Å². The van der Waals surface area contributed by atoms with E-state index in [4.69, 9.17) is 0 Å².